The molecule has 1 aliphatic heterocycles. The zero-order valence-electron chi connectivity index (χ0n) is 12.9. The molecular formula is C17H26N2O3. The van der Waals surface area contributed by atoms with Gasteiger partial charge in [-0.15, -0.1) is 0 Å². The van der Waals surface area contributed by atoms with Gasteiger partial charge in [-0.1, -0.05) is 30.3 Å². The highest BCUT2D eigenvalue weighted by Crippen LogP contribution is 2.21. The largest absolute Gasteiger partial charge is 0.392 e. The molecule has 1 amide bonds. The first-order valence-corrected chi connectivity index (χ1v) is 7.98. The molecule has 4 N–H and O–H groups in total. The maximum atomic E-state index is 11.0. The van der Waals surface area contributed by atoms with Crippen molar-refractivity contribution in [1.82, 2.24) is 4.90 Å². The lowest BCUT2D eigenvalue weighted by Crippen LogP contribution is -2.44. The van der Waals surface area contributed by atoms with Crippen LogP contribution in [0.4, 0.5) is 0 Å². The predicted octanol–water partition coefficient (Wildman–Crippen LogP) is 0.538. The minimum atomic E-state index is -1.04. The Morgan fingerprint density at radius 3 is 2.45 bits per heavy atom. The second-order valence-electron chi connectivity index (χ2n) is 6.16. The zero-order chi connectivity index (χ0) is 15.9. The molecular weight excluding hydrogens is 280 g/mol. The first-order valence-electron chi connectivity index (χ1n) is 7.98. The van der Waals surface area contributed by atoms with Crippen molar-refractivity contribution in [3.8, 4) is 0 Å². The van der Waals surface area contributed by atoms with E-state index in [4.69, 9.17) is 5.73 Å². The van der Waals surface area contributed by atoms with Gasteiger partial charge < -0.3 is 20.8 Å². The van der Waals surface area contributed by atoms with Crippen molar-refractivity contribution in [3.63, 3.8) is 0 Å². The Kier molecular flexibility index (Phi) is 6.36. The lowest BCUT2D eigenvalue weighted by atomic mass is 9.90. The molecule has 0 bridgehead atoms. The number of amides is 1. The minimum absolute atomic E-state index is 0.0461. The number of likely N-dealkylation sites (tertiary alicyclic amines) is 1. The Hall–Kier alpha value is -1.43. The molecule has 1 aliphatic rings. The quantitative estimate of drug-likeness (QED) is 0.686. The highest BCUT2D eigenvalue weighted by atomic mass is 16.3. The fourth-order valence-corrected chi connectivity index (χ4v) is 3.05. The van der Waals surface area contributed by atoms with Crippen LogP contribution in [0.3, 0.4) is 0 Å². The summed E-state index contributed by atoms with van der Waals surface area (Å²) in [5.74, 6) is -0.684. The number of carbonyl (C=O) groups excluding carboxylic acids is 1. The van der Waals surface area contributed by atoms with Gasteiger partial charge in [-0.2, -0.15) is 0 Å². The molecule has 1 fully saturated rings. The van der Waals surface area contributed by atoms with E-state index in [1.807, 2.05) is 18.2 Å². The second-order valence-corrected chi connectivity index (χ2v) is 6.16. The molecule has 1 aromatic rings. The van der Waals surface area contributed by atoms with Crippen LogP contribution in [-0.4, -0.2) is 52.9 Å². The number of aliphatic hydroxyl groups is 2. The third-order valence-corrected chi connectivity index (χ3v) is 4.45. The Labute approximate surface area is 131 Å². The van der Waals surface area contributed by atoms with E-state index in [0.29, 0.717) is 6.54 Å². The van der Waals surface area contributed by atoms with E-state index in [0.717, 1.165) is 38.8 Å². The Morgan fingerprint density at radius 2 is 1.86 bits per heavy atom. The van der Waals surface area contributed by atoms with Gasteiger partial charge >= 0.3 is 0 Å². The topological polar surface area (TPSA) is 86.8 Å². The van der Waals surface area contributed by atoms with Crippen LogP contribution in [-0.2, 0) is 11.2 Å². The smallest absolute Gasteiger partial charge is 0.246 e. The Morgan fingerprint density at radius 1 is 1.23 bits per heavy atom. The van der Waals surface area contributed by atoms with Crippen LogP contribution in [0.5, 0.6) is 0 Å². The van der Waals surface area contributed by atoms with Crippen molar-refractivity contribution in [2.75, 3.05) is 19.6 Å². The first-order chi connectivity index (χ1) is 10.6. The van der Waals surface area contributed by atoms with Crippen molar-refractivity contribution >= 4 is 5.91 Å². The molecule has 1 aromatic carbocycles. The monoisotopic (exact) mass is 306 g/mol. The second kappa shape index (κ2) is 8.27. The highest BCUT2D eigenvalue weighted by Gasteiger charge is 2.28. The predicted molar refractivity (Wildman–Crippen MR) is 85.1 cm³/mol. The summed E-state index contributed by atoms with van der Waals surface area (Å²) in [6.07, 6.45) is 1.72. The number of hydrogen-bond donors (Lipinski definition) is 3. The van der Waals surface area contributed by atoms with Gasteiger partial charge in [0.05, 0.1) is 6.10 Å². The van der Waals surface area contributed by atoms with Crippen LogP contribution in [0.2, 0.25) is 0 Å². The van der Waals surface area contributed by atoms with Crippen molar-refractivity contribution in [1.29, 1.82) is 0 Å². The molecule has 0 aliphatic carbocycles. The first kappa shape index (κ1) is 16.9. The standard InChI is InChI=1S/C17H26N2O3/c18-17(22)16(21)14-8-10-19(11-9-14)12-15(20)7-6-13-4-2-1-3-5-13/h1-5,14-16,20-21H,6-12H2,(H2,18,22)/t15-,16+/m0/s1. The van der Waals surface area contributed by atoms with Crippen molar-refractivity contribution < 1.29 is 15.0 Å². The Bertz CT molecular complexity index is 458. The number of piperidine rings is 1. The molecule has 0 spiro atoms. The third-order valence-electron chi connectivity index (χ3n) is 4.45. The SMILES string of the molecule is NC(=O)[C@H](O)C1CCN(C[C@@H](O)CCc2ccccc2)CC1. The summed E-state index contributed by atoms with van der Waals surface area (Å²) < 4.78 is 0. The third kappa shape index (κ3) is 5.09. The van der Waals surface area contributed by atoms with Crippen LogP contribution >= 0.6 is 0 Å². The summed E-state index contributed by atoms with van der Waals surface area (Å²) in [5.41, 5.74) is 6.38. The molecule has 1 saturated heterocycles. The van der Waals surface area contributed by atoms with E-state index in [1.165, 1.54) is 5.56 Å². The number of β-amino-alcohol motifs (C(OH)–C–C–N with tert-alkyl or cyclic N) is 1. The average Bonchev–Trinajstić information content (AvgIpc) is 2.54. The number of aryl methyl sites for hydroxylation is 1. The molecule has 2 atom stereocenters. The fourth-order valence-electron chi connectivity index (χ4n) is 3.05. The average molecular weight is 306 g/mol. The molecule has 5 heteroatoms. The van der Waals surface area contributed by atoms with Crippen molar-refractivity contribution in [2.45, 2.75) is 37.9 Å². The van der Waals surface area contributed by atoms with Gasteiger partial charge in [0.25, 0.3) is 0 Å². The number of primary amides is 1. The maximum Gasteiger partial charge on any atom is 0.246 e. The summed E-state index contributed by atoms with van der Waals surface area (Å²) in [5, 5.41) is 19.8. The maximum absolute atomic E-state index is 11.0. The molecule has 1 heterocycles. The van der Waals surface area contributed by atoms with Crippen molar-refractivity contribution in [2.24, 2.45) is 11.7 Å². The number of carbonyl (C=O) groups is 1. The minimum Gasteiger partial charge on any atom is -0.392 e. The van der Waals surface area contributed by atoms with E-state index in [9.17, 15) is 15.0 Å². The molecule has 2 rings (SSSR count). The van der Waals surface area contributed by atoms with Crippen LogP contribution in [0.1, 0.15) is 24.8 Å². The van der Waals surface area contributed by atoms with E-state index < -0.39 is 12.0 Å². The summed E-state index contributed by atoms with van der Waals surface area (Å²) >= 11 is 0. The Balaban J connectivity index is 1.68. The van der Waals surface area contributed by atoms with Crippen LogP contribution in [0, 0.1) is 5.92 Å². The number of hydrogen-bond acceptors (Lipinski definition) is 4. The molecule has 122 valence electrons. The number of aliphatic hydroxyl groups excluding tert-OH is 2. The van der Waals surface area contributed by atoms with E-state index >= 15 is 0 Å². The summed E-state index contributed by atoms with van der Waals surface area (Å²) in [7, 11) is 0. The zero-order valence-corrected chi connectivity index (χ0v) is 12.9. The van der Waals surface area contributed by atoms with E-state index in [2.05, 4.69) is 17.0 Å². The number of nitrogens with two attached hydrogens (primary N) is 1. The molecule has 0 saturated carbocycles. The normalized spacial score (nSPS) is 19.7. The molecule has 5 nitrogen and oxygen atoms in total. The summed E-state index contributed by atoms with van der Waals surface area (Å²) in [6, 6.07) is 10.2. The van der Waals surface area contributed by atoms with Gasteiger partial charge in [-0.25, -0.2) is 0 Å². The highest BCUT2D eigenvalue weighted by molar-refractivity contribution is 5.78. The van der Waals surface area contributed by atoms with E-state index in [1.54, 1.807) is 0 Å². The molecule has 0 unspecified atom stereocenters. The lowest BCUT2D eigenvalue weighted by molar-refractivity contribution is -0.129. The van der Waals surface area contributed by atoms with E-state index in [-0.39, 0.29) is 12.0 Å². The van der Waals surface area contributed by atoms with Gasteiger partial charge in [-0.05, 0) is 50.3 Å². The van der Waals surface area contributed by atoms with Crippen LogP contribution in [0.25, 0.3) is 0 Å². The number of rotatable bonds is 7. The molecule has 22 heavy (non-hydrogen) atoms. The number of benzene rings is 1. The van der Waals surface area contributed by atoms with Crippen molar-refractivity contribution in [3.05, 3.63) is 35.9 Å². The number of nitrogens with zero attached hydrogens (tertiary/aromatic N) is 1. The van der Waals surface area contributed by atoms with Gasteiger partial charge in [0, 0.05) is 6.54 Å². The summed E-state index contributed by atoms with van der Waals surface area (Å²) in [4.78, 5) is 13.2. The van der Waals surface area contributed by atoms with Crippen LogP contribution in [0.15, 0.2) is 30.3 Å². The molecule has 0 aromatic heterocycles. The van der Waals surface area contributed by atoms with Crippen LogP contribution < -0.4 is 5.73 Å². The van der Waals surface area contributed by atoms with Gasteiger partial charge in [0.15, 0.2) is 0 Å². The van der Waals surface area contributed by atoms with Gasteiger partial charge in [-0.3, -0.25) is 4.79 Å². The fraction of sp³-hybridized carbons (Fsp3) is 0.588. The lowest BCUT2D eigenvalue weighted by Gasteiger charge is -2.34. The summed E-state index contributed by atoms with van der Waals surface area (Å²) in [6.45, 7) is 2.22. The molecule has 0 radical (unpaired) electrons. The van der Waals surface area contributed by atoms with Gasteiger partial charge in [0.2, 0.25) is 5.91 Å². The van der Waals surface area contributed by atoms with Gasteiger partial charge in [0.1, 0.15) is 6.10 Å².